The molecule has 6 unspecified atom stereocenters. The number of aromatic hydroxyl groups is 1. The highest BCUT2D eigenvalue weighted by Crippen LogP contribution is 2.67. The fraction of sp³-hybridized carbons (Fsp3) is 0.263. The molecule has 0 spiro atoms. The molecule has 8 rings (SSSR count). The van der Waals surface area contributed by atoms with E-state index in [4.69, 9.17) is 23.2 Å². The summed E-state index contributed by atoms with van der Waals surface area (Å²) in [5.74, 6) is -10.9. The normalized spacial score (nSPS) is 28.4. The summed E-state index contributed by atoms with van der Waals surface area (Å²) in [5, 5.41) is 12.6. The molecule has 2 saturated heterocycles. The molecule has 4 aromatic rings. The number of benzene rings is 4. The second kappa shape index (κ2) is 11.8. The van der Waals surface area contributed by atoms with E-state index in [1.165, 1.54) is 12.1 Å². The average molecular weight is 792 g/mol. The largest absolute Gasteiger partial charge is 0.507 e. The van der Waals surface area contributed by atoms with Crippen molar-refractivity contribution in [3.8, 4) is 5.75 Å². The summed E-state index contributed by atoms with van der Waals surface area (Å²) in [5.41, 5.74) is -4.31. The molecule has 54 heavy (non-hydrogen) atoms. The summed E-state index contributed by atoms with van der Waals surface area (Å²) in [6, 6.07) is 14.4. The Balaban J connectivity index is 1.30. The van der Waals surface area contributed by atoms with Crippen molar-refractivity contribution in [1.82, 2.24) is 0 Å². The number of imide groups is 2. The van der Waals surface area contributed by atoms with E-state index in [-0.39, 0.29) is 52.1 Å². The molecule has 0 radical (unpaired) electrons. The Morgan fingerprint density at radius 2 is 1.35 bits per heavy atom. The van der Waals surface area contributed by atoms with Crippen molar-refractivity contribution in [2.75, 3.05) is 9.80 Å². The Morgan fingerprint density at radius 1 is 0.722 bits per heavy atom. The van der Waals surface area contributed by atoms with Gasteiger partial charge in [0, 0.05) is 16.9 Å². The van der Waals surface area contributed by atoms with Gasteiger partial charge in [-0.25, -0.2) is 14.2 Å². The molecule has 1 N–H and O–H groups in total. The number of alkyl halides is 8. The van der Waals surface area contributed by atoms with Gasteiger partial charge in [0.25, 0.3) is 11.8 Å². The number of halogens is 9. The van der Waals surface area contributed by atoms with Gasteiger partial charge in [0.05, 0.1) is 34.3 Å². The minimum absolute atomic E-state index is 0.0200. The first kappa shape index (κ1) is 36.0. The summed E-state index contributed by atoms with van der Waals surface area (Å²) in [6.07, 6.45) is -9.91. The van der Waals surface area contributed by atoms with Crippen molar-refractivity contribution in [2.45, 2.75) is 40.9 Å². The predicted molar refractivity (Wildman–Crippen MR) is 181 cm³/mol. The van der Waals surface area contributed by atoms with Crippen LogP contribution >= 0.6 is 23.2 Å². The molecular weight excluding hydrogens is 768 g/mol. The summed E-state index contributed by atoms with van der Waals surface area (Å²) >= 11 is 14.6. The number of carbonyl (C=O) groups is 4. The van der Waals surface area contributed by atoms with Crippen molar-refractivity contribution in [1.29, 1.82) is 0 Å². The second-order valence-corrected chi connectivity index (χ2v) is 15.0. The quantitative estimate of drug-likeness (QED) is 0.0973. The van der Waals surface area contributed by atoms with Crippen LogP contribution in [0.2, 0.25) is 0 Å². The van der Waals surface area contributed by atoms with Crippen LogP contribution in [-0.2, 0) is 31.5 Å². The number of amides is 4. The zero-order valence-corrected chi connectivity index (χ0v) is 28.7. The Morgan fingerprint density at radius 3 is 1.98 bits per heavy atom. The first-order valence-corrected chi connectivity index (χ1v) is 17.1. The molecule has 4 aliphatic rings. The highest BCUT2D eigenvalue weighted by molar-refractivity contribution is 6.58. The molecule has 0 bridgehead atoms. The summed E-state index contributed by atoms with van der Waals surface area (Å²) in [4.78, 5) is 53.4. The highest BCUT2D eigenvalue weighted by Gasteiger charge is 2.77. The molecule has 4 aromatic carbocycles. The number of hydrogen-bond acceptors (Lipinski definition) is 5. The van der Waals surface area contributed by atoms with Gasteiger partial charge in [-0.3, -0.25) is 19.2 Å². The van der Waals surface area contributed by atoms with Crippen LogP contribution in [0.15, 0.2) is 90.5 Å². The molecule has 7 nitrogen and oxygen atoms in total. The number of phenols is 1. The number of allylic oxidation sites excluding steroid dienone is 2. The lowest BCUT2D eigenvalue weighted by Crippen LogP contribution is -2.60. The summed E-state index contributed by atoms with van der Waals surface area (Å²) in [7, 11) is 0. The van der Waals surface area contributed by atoms with Crippen LogP contribution in [0, 0.1) is 23.6 Å². The van der Waals surface area contributed by atoms with E-state index < -0.39 is 98.5 Å². The van der Waals surface area contributed by atoms with Crippen LogP contribution in [0.1, 0.15) is 35.4 Å². The predicted octanol–water partition coefficient (Wildman–Crippen LogP) is 8.49. The monoisotopic (exact) mass is 790 g/mol. The molecule has 1 saturated carbocycles. The molecule has 4 amide bonds. The molecule has 2 aliphatic heterocycles. The van der Waals surface area contributed by atoms with Gasteiger partial charge in [-0.1, -0.05) is 48.0 Å². The Hall–Kier alpha value is -4.95. The number of fused-ring (bicyclic) bond motifs is 5. The third kappa shape index (κ3) is 4.94. The standard InChI is InChI=1S/C38H23Cl2F7N2O5/c39-35-16-27-24(11-12-25-28(27)32(52)48(31(25)51)22-14-18(37(42,43)44)13-19(15-22)38(45,46)47)29(26-10-5-17-3-1-2-4-23(17)30(26)50)36(35,40)34(54)49(33(35)53)21-8-6-20(41)7-9-21/h1-11,13-15,25,27-29,50H,12,16H2. The molecule has 3 fully saturated rings. The van der Waals surface area contributed by atoms with Crippen molar-refractivity contribution in [2.24, 2.45) is 17.8 Å². The van der Waals surface area contributed by atoms with E-state index in [0.29, 0.717) is 15.7 Å². The fourth-order valence-electron chi connectivity index (χ4n) is 8.57. The molecule has 0 aromatic heterocycles. The van der Waals surface area contributed by atoms with E-state index in [9.17, 15) is 55.0 Å². The van der Waals surface area contributed by atoms with Gasteiger partial charge in [0.15, 0.2) is 9.75 Å². The van der Waals surface area contributed by atoms with Crippen LogP contribution < -0.4 is 9.80 Å². The van der Waals surface area contributed by atoms with E-state index in [1.807, 2.05) is 0 Å². The zero-order chi connectivity index (χ0) is 38.9. The Bertz CT molecular complexity index is 2330. The maximum absolute atomic E-state index is 14.6. The second-order valence-electron chi connectivity index (χ2n) is 13.8. The van der Waals surface area contributed by atoms with Gasteiger partial charge in [0.1, 0.15) is 11.6 Å². The van der Waals surface area contributed by atoms with Crippen molar-refractivity contribution in [3.63, 3.8) is 0 Å². The van der Waals surface area contributed by atoms with E-state index in [0.717, 1.165) is 24.3 Å². The van der Waals surface area contributed by atoms with Crippen LogP contribution in [0.25, 0.3) is 10.8 Å². The van der Waals surface area contributed by atoms with Gasteiger partial charge < -0.3 is 5.11 Å². The van der Waals surface area contributed by atoms with Crippen LogP contribution in [-0.4, -0.2) is 38.5 Å². The lowest BCUT2D eigenvalue weighted by atomic mass is 9.56. The minimum atomic E-state index is -5.28. The van der Waals surface area contributed by atoms with E-state index in [2.05, 4.69) is 0 Å². The fourth-order valence-corrected chi connectivity index (χ4v) is 9.50. The Labute approximate surface area is 310 Å². The topological polar surface area (TPSA) is 95.0 Å². The SMILES string of the molecule is O=C1C2CC=C3C(CC4(Cl)C(=O)N(c5ccc(F)cc5)C(=O)C4(Cl)C3c3ccc4ccccc4c3O)C2C(=O)N1c1cc(C(F)(F)F)cc(C(F)(F)F)c1. The first-order valence-electron chi connectivity index (χ1n) is 16.4. The van der Waals surface area contributed by atoms with E-state index in [1.54, 1.807) is 30.3 Å². The zero-order valence-electron chi connectivity index (χ0n) is 27.2. The van der Waals surface area contributed by atoms with Crippen LogP contribution in [0.4, 0.5) is 42.1 Å². The Kier molecular flexibility index (Phi) is 7.86. The first-order chi connectivity index (χ1) is 25.3. The van der Waals surface area contributed by atoms with Crippen LogP contribution in [0.5, 0.6) is 5.75 Å². The molecule has 16 heteroatoms. The van der Waals surface area contributed by atoms with Crippen molar-refractivity contribution in [3.05, 3.63) is 113 Å². The molecule has 2 aliphatic carbocycles. The number of rotatable bonds is 3. The summed E-state index contributed by atoms with van der Waals surface area (Å²) < 4.78 is 96.9. The minimum Gasteiger partial charge on any atom is -0.507 e. The number of phenolic OH excluding ortho intramolecular Hbond substituents is 1. The van der Waals surface area contributed by atoms with Gasteiger partial charge in [-0.2, -0.15) is 26.3 Å². The number of anilines is 2. The lowest BCUT2D eigenvalue weighted by molar-refractivity contribution is -0.143. The third-order valence-electron chi connectivity index (χ3n) is 11.0. The average Bonchev–Trinajstić information content (AvgIpc) is 3.46. The van der Waals surface area contributed by atoms with Gasteiger partial charge in [-0.15, -0.1) is 23.2 Å². The molecular formula is C38H23Cl2F7N2O5. The number of carbonyl (C=O) groups excluding carboxylic acids is 4. The van der Waals surface area contributed by atoms with Gasteiger partial charge in [0.2, 0.25) is 11.8 Å². The van der Waals surface area contributed by atoms with Crippen molar-refractivity contribution >= 4 is 69.0 Å². The van der Waals surface area contributed by atoms with Crippen molar-refractivity contribution < 1.29 is 55.0 Å². The summed E-state index contributed by atoms with van der Waals surface area (Å²) in [6.45, 7) is 0. The molecule has 6 atom stereocenters. The smallest absolute Gasteiger partial charge is 0.416 e. The third-order valence-corrected chi connectivity index (χ3v) is 12.4. The lowest BCUT2D eigenvalue weighted by Gasteiger charge is -2.50. The number of hydrogen-bond donors (Lipinski definition) is 1. The van der Waals surface area contributed by atoms with Crippen LogP contribution in [0.3, 0.4) is 0 Å². The van der Waals surface area contributed by atoms with Gasteiger partial charge in [-0.05, 0) is 66.6 Å². The number of nitrogens with zero attached hydrogens (tertiary/aromatic N) is 2. The molecule has 278 valence electrons. The molecule has 2 heterocycles. The maximum atomic E-state index is 14.6. The van der Waals surface area contributed by atoms with E-state index >= 15 is 0 Å². The maximum Gasteiger partial charge on any atom is 0.416 e. The van der Waals surface area contributed by atoms with Gasteiger partial charge >= 0.3 is 12.4 Å². The highest BCUT2D eigenvalue weighted by atomic mass is 35.5.